The van der Waals surface area contributed by atoms with Crippen molar-refractivity contribution < 1.29 is 18.7 Å². The summed E-state index contributed by atoms with van der Waals surface area (Å²) in [6.45, 7) is 3.39. The largest absolute Gasteiger partial charge is 0.454 e. The zero-order chi connectivity index (χ0) is 19.3. The minimum absolute atomic E-state index is 0.0691. The van der Waals surface area contributed by atoms with E-state index >= 15 is 0 Å². The van der Waals surface area contributed by atoms with Crippen LogP contribution in [-0.2, 0) is 17.8 Å². The van der Waals surface area contributed by atoms with E-state index in [-0.39, 0.29) is 12.7 Å². The summed E-state index contributed by atoms with van der Waals surface area (Å²) in [5.74, 6) is 2.84. The third kappa shape index (κ3) is 4.01. The van der Waals surface area contributed by atoms with Crippen molar-refractivity contribution in [3.63, 3.8) is 0 Å². The summed E-state index contributed by atoms with van der Waals surface area (Å²) in [5.41, 5.74) is 1.99. The van der Waals surface area contributed by atoms with Crippen LogP contribution in [0.3, 0.4) is 0 Å². The minimum atomic E-state index is 0.0691. The van der Waals surface area contributed by atoms with Gasteiger partial charge in [-0.15, -0.1) is 0 Å². The quantitative estimate of drug-likeness (QED) is 0.621. The molecule has 0 unspecified atom stereocenters. The van der Waals surface area contributed by atoms with Crippen LogP contribution >= 0.6 is 0 Å². The lowest BCUT2D eigenvalue weighted by Gasteiger charge is -2.21. The Morgan fingerprint density at radius 3 is 2.75 bits per heavy atom. The molecule has 0 atom stereocenters. The highest BCUT2D eigenvalue weighted by molar-refractivity contribution is 5.76. The molecule has 6 heteroatoms. The first kappa shape index (κ1) is 18.1. The van der Waals surface area contributed by atoms with E-state index < -0.39 is 0 Å². The van der Waals surface area contributed by atoms with Gasteiger partial charge in [0.2, 0.25) is 12.7 Å². The molecule has 1 amide bonds. The highest BCUT2D eigenvalue weighted by atomic mass is 16.7. The second kappa shape index (κ2) is 8.17. The van der Waals surface area contributed by atoms with Gasteiger partial charge in [0.15, 0.2) is 23.1 Å². The fourth-order valence-electron chi connectivity index (χ4n) is 3.17. The van der Waals surface area contributed by atoms with Crippen LogP contribution in [0, 0.1) is 0 Å². The van der Waals surface area contributed by atoms with Gasteiger partial charge in [-0.2, -0.15) is 0 Å². The van der Waals surface area contributed by atoms with Crippen LogP contribution in [0.1, 0.15) is 24.8 Å². The molecule has 1 aliphatic rings. The van der Waals surface area contributed by atoms with Crippen LogP contribution in [0.5, 0.6) is 11.5 Å². The van der Waals surface area contributed by atoms with Gasteiger partial charge in [0.25, 0.3) is 0 Å². The molecule has 3 aromatic rings. The molecular weight excluding hydrogens is 356 g/mol. The van der Waals surface area contributed by atoms with Gasteiger partial charge in [-0.25, -0.2) is 4.98 Å². The highest BCUT2D eigenvalue weighted by Gasteiger charge is 2.17. The van der Waals surface area contributed by atoms with Gasteiger partial charge in [0.05, 0.1) is 6.20 Å². The Morgan fingerprint density at radius 2 is 1.93 bits per heavy atom. The van der Waals surface area contributed by atoms with Gasteiger partial charge in [-0.3, -0.25) is 4.79 Å². The fourth-order valence-corrected chi connectivity index (χ4v) is 3.17. The molecule has 1 aliphatic heterocycles. The lowest BCUT2D eigenvalue weighted by atomic mass is 10.1. The van der Waals surface area contributed by atoms with E-state index in [1.54, 1.807) is 6.20 Å². The van der Waals surface area contributed by atoms with E-state index in [1.807, 2.05) is 60.4 Å². The van der Waals surface area contributed by atoms with Crippen molar-refractivity contribution in [1.82, 2.24) is 9.88 Å². The van der Waals surface area contributed by atoms with E-state index in [9.17, 15) is 4.79 Å². The number of carbonyl (C=O) groups excluding carboxylic acids is 1. The number of benzene rings is 2. The normalized spacial score (nSPS) is 12.2. The van der Waals surface area contributed by atoms with Crippen molar-refractivity contribution >= 4 is 5.91 Å². The maximum atomic E-state index is 12.7. The smallest absolute Gasteiger partial charge is 0.231 e. The third-order valence-electron chi connectivity index (χ3n) is 4.71. The molecule has 0 spiro atoms. The van der Waals surface area contributed by atoms with Crippen LogP contribution in [0.4, 0.5) is 0 Å². The van der Waals surface area contributed by atoms with Gasteiger partial charge in [-0.1, -0.05) is 36.4 Å². The Kier molecular flexibility index (Phi) is 5.28. The Morgan fingerprint density at radius 1 is 1.11 bits per heavy atom. The lowest BCUT2D eigenvalue weighted by Crippen LogP contribution is -2.30. The number of amides is 1. The molecule has 28 heavy (non-hydrogen) atoms. The number of oxazole rings is 1. The van der Waals surface area contributed by atoms with E-state index in [4.69, 9.17) is 13.9 Å². The number of aromatic nitrogens is 1. The summed E-state index contributed by atoms with van der Waals surface area (Å²) >= 11 is 0. The zero-order valence-corrected chi connectivity index (χ0v) is 15.8. The van der Waals surface area contributed by atoms with Crippen LogP contribution in [0.15, 0.2) is 59.1 Å². The average molecular weight is 378 g/mol. The number of fused-ring (bicyclic) bond motifs is 1. The Bertz CT molecular complexity index is 952. The summed E-state index contributed by atoms with van der Waals surface area (Å²) < 4.78 is 16.5. The summed E-state index contributed by atoms with van der Waals surface area (Å²) in [7, 11) is 0. The van der Waals surface area contributed by atoms with Crippen molar-refractivity contribution in [2.24, 2.45) is 0 Å². The Balaban J connectivity index is 1.35. The summed E-state index contributed by atoms with van der Waals surface area (Å²) in [5, 5.41) is 0. The van der Waals surface area contributed by atoms with Crippen LogP contribution in [0.2, 0.25) is 0 Å². The predicted molar refractivity (Wildman–Crippen MR) is 104 cm³/mol. The molecule has 0 radical (unpaired) electrons. The van der Waals surface area contributed by atoms with E-state index in [0.29, 0.717) is 31.8 Å². The minimum Gasteiger partial charge on any atom is -0.454 e. The predicted octanol–water partition coefficient (Wildman–Crippen LogP) is 4.05. The first-order valence-corrected chi connectivity index (χ1v) is 9.39. The van der Waals surface area contributed by atoms with Gasteiger partial charge >= 0.3 is 0 Å². The fraction of sp³-hybridized carbons (Fsp3) is 0.273. The summed E-state index contributed by atoms with van der Waals surface area (Å²) in [6, 6.07) is 15.6. The Labute approximate surface area is 163 Å². The number of ether oxygens (including phenoxy) is 2. The van der Waals surface area contributed by atoms with Gasteiger partial charge in [-0.05, 0) is 24.6 Å². The van der Waals surface area contributed by atoms with Crippen molar-refractivity contribution in [3.8, 4) is 22.8 Å². The molecule has 0 saturated heterocycles. The lowest BCUT2D eigenvalue weighted by molar-refractivity contribution is -0.131. The van der Waals surface area contributed by atoms with Gasteiger partial charge < -0.3 is 18.8 Å². The molecule has 6 nitrogen and oxygen atoms in total. The maximum Gasteiger partial charge on any atom is 0.231 e. The Hall–Kier alpha value is -3.28. The maximum absolute atomic E-state index is 12.7. The zero-order valence-electron chi connectivity index (χ0n) is 15.8. The second-order valence-electron chi connectivity index (χ2n) is 6.58. The van der Waals surface area contributed by atoms with Gasteiger partial charge in [0, 0.05) is 31.5 Å². The first-order chi connectivity index (χ1) is 13.7. The topological polar surface area (TPSA) is 64.8 Å². The molecule has 1 aromatic heterocycles. The molecule has 0 N–H and O–H groups in total. The molecule has 0 aliphatic carbocycles. The second-order valence-corrected chi connectivity index (χ2v) is 6.58. The monoisotopic (exact) mass is 378 g/mol. The number of aryl methyl sites for hydroxylation is 1. The molecule has 0 fully saturated rings. The molecular formula is C22H22N2O4. The average Bonchev–Trinajstić information content (AvgIpc) is 3.40. The number of carbonyl (C=O) groups is 1. The highest BCUT2D eigenvalue weighted by Crippen LogP contribution is 2.32. The molecule has 2 aromatic carbocycles. The van der Waals surface area contributed by atoms with Gasteiger partial charge in [0.1, 0.15) is 0 Å². The van der Waals surface area contributed by atoms with E-state index in [1.165, 1.54) is 0 Å². The van der Waals surface area contributed by atoms with Crippen molar-refractivity contribution in [1.29, 1.82) is 0 Å². The number of hydrogen-bond donors (Lipinski definition) is 0. The van der Waals surface area contributed by atoms with Crippen molar-refractivity contribution in [3.05, 3.63) is 66.2 Å². The molecule has 0 bridgehead atoms. The molecule has 0 saturated carbocycles. The summed E-state index contributed by atoms with van der Waals surface area (Å²) in [4.78, 5) is 18.8. The number of rotatable bonds is 7. The van der Waals surface area contributed by atoms with E-state index in [0.717, 1.165) is 28.4 Å². The van der Waals surface area contributed by atoms with Crippen molar-refractivity contribution in [2.75, 3.05) is 13.3 Å². The first-order valence-electron chi connectivity index (χ1n) is 9.39. The molecule has 4 rings (SSSR count). The molecule has 2 heterocycles. The van der Waals surface area contributed by atoms with Crippen LogP contribution < -0.4 is 9.47 Å². The number of hydrogen-bond acceptors (Lipinski definition) is 5. The van der Waals surface area contributed by atoms with Crippen LogP contribution in [-0.4, -0.2) is 29.1 Å². The van der Waals surface area contributed by atoms with E-state index in [2.05, 4.69) is 4.98 Å². The van der Waals surface area contributed by atoms with Crippen molar-refractivity contribution in [2.45, 2.75) is 26.3 Å². The SMILES string of the molecule is CCN(Cc1ccc2c(c1)OCO2)C(=O)CCc1ncc(-c2ccccc2)o1. The van der Waals surface area contributed by atoms with Crippen LogP contribution in [0.25, 0.3) is 11.3 Å². The number of nitrogens with zero attached hydrogens (tertiary/aromatic N) is 2. The summed E-state index contributed by atoms with van der Waals surface area (Å²) in [6.07, 6.45) is 2.54. The standard InChI is InChI=1S/C22H22N2O4/c1-2-24(14-16-8-9-18-19(12-16)27-15-26-18)22(25)11-10-21-23-13-20(28-21)17-6-4-3-5-7-17/h3-9,12-13H,2,10-11,14-15H2,1H3. The third-order valence-corrected chi connectivity index (χ3v) is 4.71. The molecule has 144 valence electrons.